The number of fused-ring (bicyclic) bond motifs is 1. The van der Waals surface area contributed by atoms with Gasteiger partial charge in [-0.15, -0.1) is 0 Å². The van der Waals surface area contributed by atoms with E-state index in [1.165, 1.54) is 22.3 Å². The first-order chi connectivity index (χ1) is 16.1. The number of hydrogen-bond donors (Lipinski definition) is 0. The molecule has 4 rings (SSSR count). The van der Waals surface area contributed by atoms with Crippen LogP contribution >= 0.6 is 0 Å². The Bertz CT molecular complexity index is 1310. The SMILES string of the molecule is C/C=C/CCc1ccc(CCc2ccc3c(F)c(C#Cc4ccc(C)cc4)ccc3c2)cc1. The van der Waals surface area contributed by atoms with Gasteiger partial charge in [-0.3, -0.25) is 0 Å². The summed E-state index contributed by atoms with van der Waals surface area (Å²) in [6.07, 6.45) is 8.38. The van der Waals surface area contributed by atoms with Crippen LogP contribution in [0.25, 0.3) is 10.8 Å². The van der Waals surface area contributed by atoms with Gasteiger partial charge in [-0.05, 0) is 79.8 Å². The molecule has 0 radical (unpaired) electrons. The molecule has 33 heavy (non-hydrogen) atoms. The highest BCUT2D eigenvalue weighted by atomic mass is 19.1. The van der Waals surface area contributed by atoms with Gasteiger partial charge in [-0.25, -0.2) is 4.39 Å². The third kappa shape index (κ3) is 5.99. The lowest BCUT2D eigenvalue weighted by Crippen LogP contribution is -1.94. The molecule has 0 aromatic heterocycles. The lowest BCUT2D eigenvalue weighted by atomic mass is 9.98. The summed E-state index contributed by atoms with van der Waals surface area (Å²) in [6.45, 7) is 4.10. The van der Waals surface area contributed by atoms with E-state index in [4.69, 9.17) is 0 Å². The van der Waals surface area contributed by atoms with Crippen LogP contribution in [-0.4, -0.2) is 0 Å². The van der Waals surface area contributed by atoms with Crippen molar-refractivity contribution in [3.63, 3.8) is 0 Å². The summed E-state index contributed by atoms with van der Waals surface area (Å²) in [5.74, 6) is 5.82. The van der Waals surface area contributed by atoms with Gasteiger partial charge in [0, 0.05) is 10.9 Å². The van der Waals surface area contributed by atoms with Crippen molar-refractivity contribution in [2.24, 2.45) is 0 Å². The molecule has 0 aliphatic heterocycles. The maximum atomic E-state index is 15.1. The third-order valence-electron chi connectivity index (χ3n) is 5.97. The Hall–Kier alpha value is -3.63. The summed E-state index contributed by atoms with van der Waals surface area (Å²) in [7, 11) is 0. The highest BCUT2D eigenvalue weighted by molar-refractivity contribution is 5.85. The first-order valence-corrected chi connectivity index (χ1v) is 11.6. The van der Waals surface area contributed by atoms with Gasteiger partial charge in [0.05, 0.1) is 5.56 Å². The highest BCUT2D eigenvalue weighted by Gasteiger charge is 2.07. The average Bonchev–Trinajstić information content (AvgIpc) is 2.84. The highest BCUT2D eigenvalue weighted by Crippen LogP contribution is 2.23. The van der Waals surface area contributed by atoms with E-state index in [9.17, 15) is 0 Å². The maximum absolute atomic E-state index is 15.1. The van der Waals surface area contributed by atoms with Crippen molar-refractivity contribution in [3.8, 4) is 11.8 Å². The molecular formula is C32H29F. The van der Waals surface area contributed by atoms with Crippen molar-refractivity contribution in [3.05, 3.63) is 130 Å². The van der Waals surface area contributed by atoms with Crippen LogP contribution in [-0.2, 0) is 19.3 Å². The van der Waals surface area contributed by atoms with E-state index < -0.39 is 0 Å². The van der Waals surface area contributed by atoms with E-state index in [0.717, 1.165) is 36.6 Å². The second kappa shape index (κ2) is 10.8. The lowest BCUT2D eigenvalue weighted by molar-refractivity contribution is 0.636. The van der Waals surface area contributed by atoms with E-state index in [2.05, 4.69) is 61.2 Å². The second-order valence-electron chi connectivity index (χ2n) is 8.52. The number of allylic oxidation sites excluding steroid dienone is 2. The molecule has 0 spiro atoms. The van der Waals surface area contributed by atoms with Gasteiger partial charge in [-0.1, -0.05) is 90.2 Å². The Labute approximate surface area is 196 Å². The Morgan fingerprint density at radius 2 is 1.39 bits per heavy atom. The molecule has 0 aliphatic carbocycles. The maximum Gasteiger partial charge on any atom is 0.146 e. The van der Waals surface area contributed by atoms with Gasteiger partial charge in [0.15, 0.2) is 0 Å². The van der Waals surface area contributed by atoms with Crippen molar-refractivity contribution in [1.29, 1.82) is 0 Å². The molecule has 164 valence electrons. The van der Waals surface area contributed by atoms with Gasteiger partial charge in [0.1, 0.15) is 5.82 Å². The minimum Gasteiger partial charge on any atom is -0.205 e. The molecule has 0 saturated heterocycles. The smallest absolute Gasteiger partial charge is 0.146 e. The zero-order chi connectivity index (χ0) is 23.0. The quantitative estimate of drug-likeness (QED) is 0.214. The molecule has 4 aromatic carbocycles. The van der Waals surface area contributed by atoms with Gasteiger partial charge in [-0.2, -0.15) is 0 Å². The average molecular weight is 433 g/mol. The molecule has 4 aromatic rings. The number of aryl methyl sites for hydroxylation is 4. The molecule has 0 N–H and O–H groups in total. The van der Waals surface area contributed by atoms with E-state index in [1.807, 2.05) is 49.4 Å². The Kier molecular flexibility index (Phi) is 7.38. The number of halogens is 1. The first kappa shape index (κ1) is 22.6. The number of hydrogen-bond acceptors (Lipinski definition) is 0. The van der Waals surface area contributed by atoms with Crippen LogP contribution in [0.5, 0.6) is 0 Å². The summed E-state index contributed by atoms with van der Waals surface area (Å²) in [4.78, 5) is 0. The summed E-state index contributed by atoms with van der Waals surface area (Å²) >= 11 is 0. The molecule has 0 heterocycles. The van der Waals surface area contributed by atoms with Crippen molar-refractivity contribution >= 4 is 10.8 Å². The molecule has 0 saturated carbocycles. The molecule has 0 fully saturated rings. The topological polar surface area (TPSA) is 0 Å². The van der Waals surface area contributed by atoms with Gasteiger partial charge >= 0.3 is 0 Å². The summed E-state index contributed by atoms with van der Waals surface area (Å²) in [5, 5.41) is 1.55. The number of rotatable bonds is 6. The molecule has 0 amide bonds. The Balaban J connectivity index is 1.44. The summed E-state index contributed by atoms with van der Waals surface area (Å²) < 4.78 is 15.1. The van der Waals surface area contributed by atoms with Crippen LogP contribution in [0.15, 0.2) is 91.0 Å². The zero-order valence-corrected chi connectivity index (χ0v) is 19.4. The Morgan fingerprint density at radius 1 is 0.727 bits per heavy atom. The van der Waals surface area contributed by atoms with Gasteiger partial charge in [0.2, 0.25) is 0 Å². The molecular weight excluding hydrogens is 403 g/mol. The van der Waals surface area contributed by atoms with Crippen LogP contribution in [0, 0.1) is 24.6 Å². The minimum atomic E-state index is -0.243. The fourth-order valence-electron chi connectivity index (χ4n) is 3.95. The monoisotopic (exact) mass is 432 g/mol. The van der Waals surface area contributed by atoms with E-state index in [0.29, 0.717) is 10.9 Å². The summed E-state index contributed by atoms with van der Waals surface area (Å²) in [6, 6.07) is 26.7. The van der Waals surface area contributed by atoms with Gasteiger partial charge < -0.3 is 0 Å². The molecule has 0 bridgehead atoms. The standard InChI is InChI=1S/C32H29F/c1-3-4-5-6-25-11-13-27(14-12-25)15-16-28-18-22-31-30(23-28)21-20-29(32(31)33)19-17-26-9-7-24(2)8-10-26/h3-4,7-14,18,20-23H,5-6,15-16H2,1-2H3/b4-3+. The molecule has 0 atom stereocenters. The van der Waals surface area contributed by atoms with Crippen LogP contribution in [0.3, 0.4) is 0 Å². The number of benzene rings is 4. The van der Waals surface area contributed by atoms with Crippen LogP contribution in [0.4, 0.5) is 4.39 Å². The van der Waals surface area contributed by atoms with Crippen molar-refractivity contribution < 1.29 is 4.39 Å². The van der Waals surface area contributed by atoms with E-state index >= 15 is 4.39 Å². The predicted octanol–water partition coefficient (Wildman–Crippen LogP) is 7.98. The largest absolute Gasteiger partial charge is 0.205 e. The lowest BCUT2D eigenvalue weighted by Gasteiger charge is -2.07. The molecule has 0 aliphatic rings. The van der Waals surface area contributed by atoms with Crippen molar-refractivity contribution in [1.82, 2.24) is 0 Å². The normalized spacial score (nSPS) is 11.0. The van der Waals surface area contributed by atoms with E-state index in [1.54, 1.807) is 6.07 Å². The van der Waals surface area contributed by atoms with Crippen LogP contribution in [0.2, 0.25) is 0 Å². The predicted molar refractivity (Wildman–Crippen MR) is 138 cm³/mol. The first-order valence-electron chi connectivity index (χ1n) is 11.6. The fraction of sp³-hybridized carbons (Fsp3) is 0.188. The molecule has 1 heteroatoms. The third-order valence-corrected chi connectivity index (χ3v) is 5.97. The zero-order valence-electron chi connectivity index (χ0n) is 19.4. The van der Waals surface area contributed by atoms with Crippen molar-refractivity contribution in [2.45, 2.75) is 39.5 Å². The molecule has 0 unspecified atom stereocenters. The van der Waals surface area contributed by atoms with Crippen LogP contribution in [0.1, 0.15) is 46.7 Å². The molecule has 0 nitrogen and oxygen atoms in total. The van der Waals surface area contributed by atoms with Crippen molar-refractivity contribution in [2.75, 3.05) is 0 Å². The minimum absolute atomic E-state index is 0.243. The summed E-state index contributed by atoms with van der Waals surface area (Å²) in [5.41, 5.74) is 6.44. The van der Waals surface area contributed by atoms with E-state index in [-0.39, 0.29) is 5.82 Å². The second-order valence-corrected chi connectivity index (χ2v) is 8.52. The van der Waals surface area contributed by atoms with Gasteiger partial charge in [0.25, 0.3) is 0 Å². The fourth-order valence-corrected chi connectivity index (χ4v) is 3.95. The Morgan fingerprint density at radius 3 is 2.12 bits per heavy atom. The van der Waals surface area contributed by atoms with Crippen LogP contribution < -0.4 is 0 Å².